The highest BCUT2D eigenvalue weighted by Gasteiger charge is 2.33. The average Bonchev–Trinajstić information content (AvgIpc) is 3.00. The molecule has 0 aliphatic carbocycles. The van der Waals surface area contributed by atoms with Crippen LogP contribution in [-0.2, 0) is 6.54 Å². The summed E-state index contributed by atoms with van der Waals surface area (Å²) in [6, 6.07) is 9.84. The van der Waals surface area contributed by atoms with E-state index >= 15 is 0 Å². The van der Waals surface area contributed by atoms with E-state index in [0.29, 0.717) is 35.1 Å². The number of allylic oxidation sites excluding steroid dienone is 1. The minimum Gasteiger partial charge on any atom is -0.507 e. The molecule has 3 rings (SSSR count). The molecule has 2 aromatic rings. The maximum Gasteiger partial charge on any atom is 0.232 e. The normalized spacial score (nSPS) is 14.7. The summed E-state index contributed by atoms with van der Waals surface area (Å²) in [6.45, 7) is 9.77. The van der Waals surface area contributed by atoms with Crippen molar-refractivity contribution in [1.82, 2.24) is 4.90 Å². The second-order valence-electron chi connectivity index (χ2n) is 8.25. The van der Waals surface area contributed by atoms with Gasteiger partial charge in [-0.3, -0.25) is 4.79 Å². The number of aromatic hydroxyl groups is 1. The van der Waals surface area contributed by atoms with Crippen molar-refractivity contribution in [2.24, 2.45) is 0 Å². The van der Waals surface area contributed by atoms with Crippen molar-refractivity contribution in [1.29, 1.82) is 0 Å². The van der Waals surface area contributed by atoms with Crippen molar-refractivity contribution in [2.45, 2.75) is 53.0 Å². The summed E-state index contributed by atoms with van der Waals surface area (Å²) in [5, 5.41) is 10.5. The Morgan fingerprint density at radius 1 is 1.21 bits per heavy atom. The quantitative estimate of drug-likeness (QED) is 0.616. The van der Waals surface area contributed by atoms with Crippen LogP contribution in [0.25, 0.3) is 6.08 Å². The molecule has 1 aliphatic rings. The predicted molar refractivity (Wildman–Crippen MR) is 118 cm³/mol. The van der Waals surface area contributed by atoms with Crippen LogP contribution in [-0.4, -0.2) is 29.4 Å². The largest absolute Gasteiger partial charge is 0.507 e. The van der Waals surface area contributed by atoms with Crippen LogP contribution < -0.4 is 4.74 Å². The van der Waals surface area contributed by atoms with Crippen molar-refractivity contribution in [2.75, 3.05) is 13.6 Å². The Balaban J connectivity index is 1.92. The second-order valence-corrected chi connectivity index (χ2v) is 8.25. The first-order valence-corrected chi connectivity index (χ1v) is 10.4. The first-order valence-electron chi connectivity index (χ1n) is 10.4. The van der Waals surface area contributed by atoms with E-state index in [9.17, 15) is 9.90 Å². The average molecular weight is 394 g/mol. The minimum absolute atomic E-state index is 0.122. The van der Waals surface area contributed by atoms with Gasteiger partial charge in [0.05, 0.1) is 11.1 Å². The smallest absolute Gasteiger partial charge is 0.232 e. The van der Waals surface area contributed by atoms with E-state index in [1.54, 1.807) is 12.1 Å². The molecule has 1 aliphatic heterocycles. The zero-order valence-corrected chi connectivity index (χ0v) is 18.1. The number of unbranched alkanes of at least 4 members (excludes halogenated alkanes) is 1. The van der Waals surface area contributed by atoms with Crippen molar-refractivity contribution in [3.8, 4) is 11.5 Å². The van der Waals surface area contributed by atoms with Crippen LogP contribution in [0.2, 0.25) is 0 Å². The van der Waals surface area contributed by atoms with E-state index in [2.05, 4.69) is 37.8 Å². The van der Waals surface area contributed by atoms with Crippen molar-refractivity contribution < 1.29 is 14.6 Å². The van der Waals surface area contributed by atoms with Gasteiger partial charge < -0.3 is 14.7 Å². The van der Waals surface area contributed by atoms with E-state index < -0.39 is 0 Å². The van der Waals surface area contributed by atoms with Gasteiger partial charge in [-0.25, -0.2) is 0 Å². The van der Waals surface area contributed by atoms with Gasteiger partial charge in [0.15, 0.2) is 5.76 Å². The Kier molecular flexibility index (Phi) is 6.43. The number of hydrogen-bond acceptors (Lipinski definition) is 4. The zero-order chi connectivity index (χ0) is 21.1. The fourth-order valence-corrected chi connectivity index (χ4v) is 3.64. The fourth-order valence-electron chi connectivity index (χ4n) is 3.64. The third-order valence-electron chi connectivity index (χ3n) is 5.44. The topological polar surface area (TPSA) is 49.8 Å². The lowest BCUT2D eigenvalue weighted by Gasteiger charge is -2.19. The molecule has 29 heavy (non-hydrogen) atoms. The zero-order valence-electron chi connectivity index (χ0n) is 18.1. The number of ketones is 1. The summed E-state index contributed by atoms with van der Waals surface area (Å²) < 4.78 is 6.02. The van der Waals surface area contributed by atoms with Crippen molar-refractivity contribution in [3.63, 3.8) is 0 Å². The van der Waals surface area contributed by atoms with Gasteiger partial charge in [0, 0.05) is 6.54 Å². The lowest BCUT2D eigenvalue weighted by Crippen LogP contribution is -2.19. The predicted octanol–water partition coefficient (Wildman–Crippen LogP) is 5.67. The van der Waals surface area contributed by atoms with Crippen LogP contribution in [0.3, 0.4) is 0 Å². The van der Waals surface area contributed by atoms with Crippen molar-refractivity contribution >= 4 is 11.9 Å². The van der Waals surface area contributed by atoms with Gasteiger partial charge in [-0.2, -0.15) is 0 Å². The Morgan fingerprint density at radius 3 is 2.52 bits per heavy atom. The van der Waals surface area contributed by atoms with Crippen LogP contribution in [0.1, 0.15) is 72.1 Å². The van der Waals surface area contributed by atoms with Gasteiger partial charge in [0.2, 0.25) is 5.78 Å². The lowest BCUT2D eigenvalue weighted by molar-refractivity contribution is 0.101. The number of carbonyl (C=O) groups excluding carboxylic acids is 1. The molecule has 154 valence electrons. The third-order valence-corrected chi connectivity index (χ3v) is 5.44. The van der Waals surface area contributed by atoms with E-state index in [1.807, 2.05) is 26.1 Å². The molecule has 4 heteroatoms. The van der Waals surface area contributed by atoms with E-state index in [1.165, 1.54) is 5.56 Å². The maximum atomic E-state index is 13.0. The number of phenols is 1. The Morgan fingerprint density at radius 2 is 1.90 bits per heavy atom. The molecule has 0 bridgehead atoms. The highest BCUT2D eigenvalue weighted by atomic mass is 16.5. The molecule has 0 spiro atoms. The van der Waals surface area contributed by atoms with Crippen LogP contribution >= 0.6 is 0 Å². The Bertz CT molecular complexity index is 926. The van der Waals surface area contributed by atoms with Crippen LogP contribution in [0, 0.1) is 6.92 Å². The number of phenolic OH excluding ortho intramolecular Hbond substituents is 1. The minimum atomic E-state index is -0.122. The number of aryl methyl sites for hydroxylation is 1. The molecule has 1 heterocycles. The molecule has 0 saturated carbocycles. The van der Waals surface area contributed by atoms with Gasteiger partial charge in [-0.1, -0.05) is 51.5 Å². The number of carbonyl (C=O) groups is 1. The molecular weight excluding hydrogens is 362 g/mol. The van der Waals surface area contributed by atoms with Crippen LogP contribution in [0.5, 0.6) is 11.5 Å². The molecule has 0 atom stereocenters. The molecule has 0 unspecified atom stereocenters. The molecule has 2 aromatic carbocycles. The van der Waals surface area contributed by atoms with E-state index in [0.717, 1.165) is 30.5 Å². The van der Waals surface area contributed by atoms with Gasteiger partial charge in [-0.05, 0) is 61.7 Å². The SMILES string of the molecule is CCCCN(C)Cc1c(O)cc(C)c2c1O/C(=C\c1ccc(C(C)C)cc1)C2=O. The number of hydrogen-bond donors (Lipinski definition) is 1. The molecule has 4 nitrogen and oxygen atoms in total. The Hall–Kier alpha value is -2.59. The molecule has 0 fully saturated rings. The summed E-state index contributed by atoms with van der Waals surface area (Å²) in [4.78, 5) is 15.2. The molecule has 0 radical (unpaired) electrons. The summed E-state index contributed by atoms with van der Waals surface area (Å²) in [5.74, 6) is 1.33. The number of ether oxygens (including phenoxy) is 1. The number of fused-ring (bicyclic) bond motifs is 1. The monoisotopic (exact) mass is 393 g/mol. The van der Waals surface area contributed by atoms with E-state index in [-0.39, 0.29) is 11.5 Å². The molecular formula is C25H31NO3. The summed E-state index contributed by atoms with van der Waals surface area (Å²) in [5.41, 5.74) is 4.16. The third kappa shape index (κ3) is 4.54. The summed E-state index contributed by atoms with van der Waals surface area (Å²) >= 11 is 0. The van der Waals surface area contributed by atoms with Crippen molar-refractivity contribution in [3.05, 3.63) is 63.9 Å². The molecule has 0 aromatic heterocycles. The van der Waals surface area contributed by atoms with Gasteiger partial charge in [0.1, 0.15) is 11.5 Å². The first-order chi connectivity index (χ1) is 13.8. The van der Waals surface area contributed by atoms with Crippen LogP contribution in [0.15, 0.2) is 36.1 Å². The number of rotatable bonds is 7. The number of benzene rings is 2. The number of Topliss-reactive ketones (excluding diaryl/α,β-unsaturated/α-hetero) is 1. The summed E-state index contributed by atoms with van der Waals surface area (Å²) in [6.07, 6.45) is 3.98. The molecule has 1 N–H and O–H groups in total. The van der Waals surface area contributed by atoms with E-state index in [4.69, 9.17) is 4.74 Å². The highest BCUT2D eigenvalue weighted by Crippen LogP contribution is 2.42. The van der Waals surface area contributed by atoms with Crippen LogP contribution in [0.4, 0.5) is 0 Å². The maximum absolute atomic E-state index is 13.0. The Labute approximate surface area is 173 Å². The second kappa shape index (κ2) is 8.83. The van der Waals surface area contributed by atoms with Gasteiger partial charge in [-0.15, -0.1) is 0 Å². The highest BCUT2D eigenvalue weighted by molar-refractivity contribution is 6.15. The van der Waals surface area contributed by atoms with Gasteiger partial charge in [0.25, 0.3) is 0 Å². The lowest BCUT2D eigenvalue weighted by atomic mass is 9.98. The number of nitrogens with zero attached hydrogens (tertiary/aromatic N) is 1. The molecule has 0 amide bonds. The first kappa shape index (κ1) is 21.1. The standard InChI is InChI=1S/C25H31NO3/c1-6-7-12-26(5)15-20-21(27)13-17(4)23-24(28)22(29-25(20)23)14-18-8-10-19(11-9-18)16(2)3/h8-11,13-14,16,27H,6-7,12,15H2,1-5H3/b22-14-. The van der Waals surface area contributed by atoms with Gasteiger partial charge >= 0.3 is 0 Å². The molecule has 0 saturated heterocycles. The fraction of sp³-hybridized carbons (Fsp3) is 0.400. The summed E-state index contributed by atoms with van der Waals surface area (Å²) in [7, 11) is 2.02.